The van der Waals surface area contributed by atoms with E-state index < -0.39 is 0 Å². The smallest absolute Gasteiger partial charge is 0.302 e. The van der Waals surface area contributed by atoms with Crippen LogP contribution in [-0.2, 0) is 9.53 Å². The van der Waals surface area contributed by atoms with Gasteiger partial charge in [-0.05, 0) is 109 Å². The van der Waals surface area contributed by atoms with Crippen LogP contribution in [0.4, 0.5) is 0 Å². The first-order valence-electron chi connectivity index (χ1n) is 14.5. The van der Waals surface area contributed by atoms with Crippen LogP contribution in [-0.4, -0.2) is 12.1 Å². The second-order valence-electron chi connectivity index (χ2n) is 15.7. The molecule has 2 heteroatoms. The molecule has 0 radical (unpaired) electrons. The Balaban J connectivity index is 1.51. The molecule has 5 aliphatic carbocycles. The molecular formula is C32H52O2. The van der Waals surface area contributed by atoms with Crippen LogP contribution in [0.5, 0.6) is 0 Å². The molecule has 5 aliphatic rings. The Morgan fingerprint density at radius 2 is 1.44 bits per heavy atom. The normalized spacial score (nSPS) is 51.1. The van der Waals surface area contributed by atoms with Crippen molar-refractivity contribution in [2.45, 2.75) is 133 Å². The Morgan fingerprint density at radius 1 is 0.765 bits per heavy atom. The van der Waals surface area contributed by atoms with E-state index in [0.29, 0.717) is 33.0 Å². The van der Waals surface area contributed by atoms with Crippen LogP contribution in [0.3, 0.4) is 0 Å². The lowest BCUT2D eigenvalue weighted by Crippen LogP contribution is -2.66. The summed E-state index contributed by atoms with van der Waals surface area (Å²) in [7, 11) is 0. The number of esters is 1. The summed E-state index contributed by atoms with van der Waals surface area (Å²) in [5.74, 6) is 2.07. The first-order chi connectivity index (χ1) is 15.6. The van der Waals surface area contributed by atoms with Gasteiger partial charge in [0, 0.05) is 12.3 Å². The summed E-state index contributed by atoms with van der Waals surface area (Å²) in [6.07, 6.45) is 16.0. The Labute approximate surface area is 210 Å². The van der Waals surface area contributed by atoms with Gasteiger partial charge in [-0.1, -0.05) is 67.0 Å². The molecule has 5 rings (SSSR count). The van der Waals surface area contributed by atoms with Crippen LogP contribution in [0, 0.1) is 50.2 Å². The van der Waals surface area contributed by atoms with E-state index in [4.69, 9.17) is 4.74 Å². The largest absolute Gasteiger partial charge is 0.462 e. The number of ether oxygens (including phenoxy) is 1. The molecule has 0 N–H and O–H groups in total. The van der Waals surface area contributed by atoms with Crippen molar-refractivity contribution in [3.8, 4) is 0 Å². The van der Waals surface area contributed by atoms with Crippen molar-refractivity contribution in [3.05, 3.63) is 11.6 Å². The minimum Gasteiger partial charge on any atom is -0.462 e. The lowest BCUT2D eigenvalue weighted by atomic mass is 9.32. The molecule has 0 aliphatic heterocycles. The van der Waals surface area contributed by atoms with Crippen LogP contribution >= 0.6 is 0 Å². The molecule has 0 aromatic carbocycles. The van der Waals surface area contributed by atoms with E-state index in [0.717, 1.165) is 18.3 Å². The average Bonchev–Trinajstić information content (AvgIpc) is 2.72. The van der Waals surface area contributed by atoms with Crippen molar-refractivity contribution in [2.24, 2.45) is 50.2 Å². The summed E-state index contributed by atoms with van der Waals surface area (Å²) in [5.41, 5.74) is 3.85. The zero-order valence-electron chi connectivity index (χ0n) is 23.8. The van der Waals surface area contributed by atoms with E-state index in [1.807, 2.05) is 5.57 Å². The lowest BCUT2D eigenvalue weighted by molar-refractivity contribution is -0.233. The molecule has 0 bridgehead atoms. The van der Waals surface area contributed by atoms with Crippen molar-refractivity contribution in [2.75, 3.05) is 0 Å². The van der Waals surface area contributed by atoms with Gasteiger partial charge in [0.05, 0.1) is 0 Å². The minimum atomic E-state index is -0.107. The van der Waals surface area contributed by atoms with Gasteiger partial charge < -0.3 is 4.74 Å². The maximum Gasteiger partial charge on any atom is 0.302 e. The van der Waals surface area contributed by atoms with Crippen LogP contribution in [0.25, 0.3) is 0 Å². The molecule has 192 valence electrons. The summed E-state index contributed by atoms with van der Waals surface area (Å²) in [4.78, 5) is 11.9. The van der Waals surface area contributed by atoms with Gasteiger partial charge in [0.1, 0.15) is 6.10 Å². The molecule has 0 aromatic heterocycles. The monoisotopic (exact) mass is 468 g/mol. The van der Waals surface area contributed by atoms with E-state index >= 15 is 0 Å². The van der Waals surface area contributed by atoms with Gasteiger partial charge in [-0.3, -0.25) is 4.79 Å². The van der Waals surface area contributed by atoms with Gasteiger partial charge in [0.25, 0.3) is 0 Å². The third kappa shape index (κ3) is 3.21. The zero-order chi connectivity index (χ0) is 24.9. The fourth-order valence-corrected chi connectivity index (χ4v) is 11.0. The molecule has 0 amide bonds. The van der Waals surface area contributed by atoms with E-state index in [1.165, 1.54) is 57.8 Å². The van der Waals surface area contributed by atoms with Crippen molar-refractivity contribution in [1.29, 1.82) is 0 Å². The number of carbonyl (C=O) groups is 1. The van der Waals surface area contributed by atoms with E-state index in [9.17, 15) is 4.79 Å². The first kappa shape index (κ1) is 24.9. The summed E-state index contributed by atoms with van der Waals surface area (Å²) in [6.45, 7) is 22.0. The van der Waals surface area contributed by atoms with Gasteiger partial charge >= 0.3 is 5.97 Å². The number of allylic oxidation sites excluding steroid dienone is 2. The quantitative estimate of drug-likeness (QED) is 0.284. The SMILES string of the molecule is CC(=O)O[C@H]1CC[C@]2(C)[C@H](CC[C@]3(C)[C@H]2CC[C@@H]2C4=CC(C)(C)CC[C@]4(C)CC[C@@]23C)C1(C)C. The first-order valence-corrected chi connectivity index (χ1v) is 14.5. The molecule has 0 saturated heterocycles. The van der Waals surface area contributed by atoms with Gasteiger partial charge in [-0.25, -0.2) is 0 Å². The second kappa shape index (κ2) is 7.38. The molecule has 4 saturated carbocycles. The highest BCUT2D eigenvalue weighted by atomic mass is 16.5. The second-order valence-corrected chi connectivity index (χ2v) is 15.7. The molecule has 4 fully saturated rings. The maximum absolute atomic E-state index is 11.9. The lowest BCUT2D eigenvalue weighted by Gasteiger charge is -2.72. The van der Waals surface area contributed by atoms with E-state index in [1.54, 1.807) is 6.92 Å². The van der Waals surface area contributed by atoms with Crippen LogP contribution in [0.15, 0.2) is 11.6 Å². The number of hydrogen-bond donors (Lipinski definition) is 0. The predicted octanol–water partition coefficient (Wildman–Crippen LogP) is 8.74. The van der Waals surface area contributed by atoms with E-state index in [2.05, 4.69) is 61.5 Å². The van der Waals surface area contributed by atoms with Crippen molar-refractivity contribution in [3.63, 3.8) is 0 Å². The molecule has 0 spiro atoms. The van der Waals surface area contributed by atoms with Crippen LogP contribution in [0.2, 0.25) is 0 Å². The van der Waals surface area contributed by atoms with Gasteiger partial charge in [0.2, 0.25) is 0 Å². The Morgan fingerprint density at radius 3 is 2.12 bits per heavy atom. The molecule has 34 heavy (non-hydrogen) atoms. The number of hydrogen-bond acceptors (Lipinski definition) is 2. The highest BCUT2D eigenvalue weighted by Gasteiger charge is 2.69. The maximum atomic E-state index is 11.9. The topological polar surface area (TPSA) is 26.3 Å². The van der Waals surface area contributed by atoms with Gasteiger partial charge in [-0.2, -0.15) is 0 Å². The fraction of sp³-hybridized carbons (Fsp3) is 0.906. The summed E-state index contributed by atoms with van der Waals surface area (Å²) in [6, 6.07) is 0. The molecular weight excluding hydrogens is 416 g/mol. The Hall–Kier alpha value is -0.790. The molecule has 8 atom stereocenters. The Bertz CT molecular complexity index is 897. The summed E-state index contributed by atoms with van der Waals surface area (Å²) in [5, 5.41) is 0. The molecule has 2 nitrogen and oxygen atoms in total. The fourth-order valence-electron chi connectivity index (χ4n) is 11.0. The number of carbonyl (C=O) groups excluding carboxylic acids is 1. The molecule has 0 unspecified atom stereocenters. The van der Waals surface area contributed by atoms with Crippen molar-refractivity contribution < 1.29 is 9.53 Å². The highest BCUT2D eigenvalue weighted by molar-refractivity contribution is 5.66. The van der Waals surface area contributed by atoms with Gasteiger partial charge in [0.15, 0.2) is 0 Å². The van der Waals surface area contributed by atoms with Gasteiger partial charge in [-0.15, -0.1) is 0 Å². The third-order valence-corrected chi connectivity index (χ3v) is 13.2. The Kier molecular flexibility index (Phi) is 5.40. The highest BCUT2D eigenvalue weighted by Crippen LogP contribution is 2.76. The molecule has 0 aromatic rings. The number of fused-ring (bicyclic) bond motifs is 7. The predicted molar refractivity (Wildman–Crippen MR) is 140 cm³/mol. The average molecular weight is 469 g/mol. The van der Waals surface area contributed by atoms with Crippen LogP contribution < -0.4 is 0 Å². The molecule has 0 heterocycles. The standard InChI is InChI=1S/C32H52O2/c1-21(33)34-26-13-14-30(7)24(28(26,4)5)12-15-32(9)25(30)11-10-22-23-20-27(2,3)16-17-29(23,6)18-19-31(22,32)8/h20,22,24-26H,10-19H2,1-9H3/t22-,24-,25+,26+,29-,30-,31+,32-/m1/s1. The summed E-state index contributed by atoms with van der Waals surface area (Å²) < 4.78 is 5.91. The van der Waals surface area contributed by atoms with Crippen molar-refractivity contribution >= 4 is 5.97 Å². The zero-order valence-corrected chi connectivity index (χ0v) is 23.8. The number of rotatable bonds is 1. The van der Waals surface area contributed by atoms with Crippen molar-refractivity contribution in [1.82, 2.24) is 0 Å². The minimum absolute atomic E-state index is 0.0544. The third-order valence-electron chi connectivity index (χ3n) is 13.2. The van der Waals surface area contributed by atoms with Crippen LogP contribution in [0.1, 0.15) is 127 Å². The van der Waals surface area contributed by atoms with E-state index in [-0.39, 0.29) is 17.5 Å². The summed E-state index contributed by atoms with van der Waals surface area (Å²) >= 11 is 0.